The predicted molar refractivity (Wildman–Crippen MR) is 102 cm³/mol. The fourth-order valence-corrected chi connectivity index (χ4v) is 3.79. The highest BCUT2D eigenvalue weighted by Crippen LogP contribution is 2.22. The topological polar surface area (TPSA) is 44.5 Å². The van der Waals surface area contributed by atoms with Crippen molar-refractivity contribution < 1.29 is 5.11 Å². The summed E-state index contributed by atoms with van der Waals surface area (Å²) in [5.74, 6) is 0. The summed E-state index contributed by atoms with van der Waals surface area (Å²) in [5.41, 5.74) is 2.62. The Balaban J connectivity index is 1.45. The van der Waals surface area contributed by atoms with Crippen molar-refractivity contribution >= 4 is 5.57 Å². The SMILES string of the molecule is CC[C@@H](O)Cn1cc(C2=CCN(CCN3CCCCCC3)CC2)cn1. The van der Waals surface area contributed by atoms with Crippen LogP contribution in [0.5, 0.6) is 0 Å². The highest BCUT2D eigenvalue weighted by Gasteiger charge is 2.16. The Hall–Kier alpha value is -1.17. The van der Waals surface area contributed by atoms with Crippen molar-refractivity contribution in [2.45, 2.75) is 58.1 Å². The molecule has 3 heterocycles. The van der Waals surface area contributed by atoms with Crippen molar-refractivity contribution in [2.75, 3.05) is 39.3 Å². The first-order valence-electron chi connectivity index (χ1n) is 10.1. The van der Waals surface area contributed by atoms with E-state index in [2.05, 4.69) is 27.2 Å². The third kappa shape index (κ3) is 5.66. The van der Waals surface area contributed by atoms with Crippen LogP contribution in [0.25, 0.3) is 5.57 Å². The number of aliphatic hydroxyl groups excluding tert-OH is 1. The molecular formula is C20H34N4O. The first-order valence-corrected chi connectivity index (χ1v) is 10.1. The summed E-state index contributed by atoms with van der Waals surface area (Å²) in [6.07, 6.45) is 13.5. The molecule has 0 amide bonds. The summed E-state index contributed by atoms with van der Waals surface area (Å²) >= 11 is 0. The molecule has 1 aromatic rings. The lowest BCUT2D eigenvalue weighted by Gasteiger charge is -2.29. The molecule has 0 saturated carbocycles. The number of nitrogens with zero attached hydrogens (tertiary/aromatic N) is 4. The molecule has 2 aliphatic heterocycles. The van der Waals surface area contributed by atoms with E-state index in [0.29, 0.717) is 6.54 Å². The summed E-state index contributed by atoms with van der Waals surface area (Å²) in [4.78, 5) is 5.22. The Morgan fingerprint density at radius 3 is 2.52 bits per heavy atom. The van der Waals surface area contributed by atoms with Crippen molar-refractivity contribution in [3.63, 3.8) is 0 Å². The van der Waals surface area contributed by atoms with Crippen LogP contribution in [0.2, 0.25) is 0 Å². The van der Waals surface area contributed by atoms with Crippen LogP contribution in [0.3, 0.4) is 0 Å². The van der Waals surface area contributed by atoms with Gasteiger partial charge in [0.2, 0.25) is 0 Å². The van der Waals surface area contributed by atoms with Crippen LogP contribution in [0.15, 0.2) is 18.5 Å². The molecule has 25 heavy (non-hydrogen) atoms. The maximum absolute atomic E-state index is 9.76. The molecule has 3 rings (SSSR count). The van der Waals surface area contributed by atoms with E-state index in [-0.39, 0.29) is 6.10 Å². The molecule has 0 aliphatic carbocycles. The van der Waals surface area contributed by atoms with E-state index in [1.165, 1.54) is 63.0 Å². The summed E-state index contributed by atoms with van der Waals surface area (Å²) < 4.78 is 1.87. The number of likely N-dealkylation sites (tertiary alicyclic amines) is 1. The Morgan fingerprint density at radius 1 is 1.08 bits per heavy atom. The van der Waals surface area contributed by atoms with Gasteiger partial charge in [0, 0.05) is 37.9 Å². The minimum atomic E-state index is -0.303. The molecule has 1 N–H and O–H groups in total. The Labute approximate surface area is 152 Å². The molecule has 1 fully saturated rings. The molecule has 0 bridgehead atoms. The normalized spacial score (nSPS) is 21.8. The summed E-state index contributed by atoms with van der Waals surface area (Å²) in [6.45, 7) is 9.76. The first-order chi connectivity index (χ1) is 12.2. The molecule has 140 valence electrons. The van der Waals surface area contributed by atoms with E-state index in [0.717, 1.165) is 25.9 Å². The number of aromatic nitrogens is 2. The minimum Gasteiger partial charge on any atom is -0.391 e. The van der Waals surface area contributed by atoms with Gasteiger partial charge in [-0.2, -0.15) is 5.10 Å². The van der Waals surface area contributed by atoms with Crippen LogP contribution < -0.4 is 0 Å². The molecule has 5 nitrogen and oxygen atoms in total. The van der Waals surface area contributed by atoms with E-state index in [1.54, 1.807) is 0 Å². The Morgan fingerprint density at radius 2 is 1.84 bits per heavy atom. The van der Waals surface area contributed by atoms with Crippen LogP contribution in [0, 0.1) is 0 Å². The van der Waals surface area contributed by atoms with Crippen molar-refractivity contribution in [3.8, 4) is 0 Å². The molecule has 2 aliphatic rings. The quantitative estimate of drug-likeness (QED) is 0.824. The maximum Gasteiger partial charge on any atom is 0.0733 e. The van der Waals surface area contributed by atoms with Gasteiger partial charge in [0.1, 0.15) is 0 Å². The molecular weight excluding hydrogens is 312 g/mol. The molecule has 0 aromatic carbocycles. The molecule has 1 aromatic heterocycles. The van der Waals surface area contributed by atoms with Crippen molar-refractivity contribution in [1.29, 1.82) is 0 Å². The monoisotopic (exact) mass is 346 g/mol. The van der Waals surface area contributed by atoms with E-state index >= 15 is 0 Å². The predicted octanol–water partition coefficient (Wildman–Crippen LogP) is 2.62. The fraction of sp³-hybridized carbons (Fsp3) is 0.750. The van der Waals surface area contributed by atoms with Gasteiger partial charge in [-0.1, -0.05) is 25.8 Å². The lowest BCUT2D eigenvalue weighted by molar-refractivity contribution is 0.145. The fourth-order valence-electron chi connectivity index (χ4n) is 3.79. The molecule has 0 spiro atoms. The standard InChI is InChI=1S/C20H34N4O/c1-2-20(25)17-24-16-19(15-21-24)18-7-11-23(12-8-18)14-13-22-9-5-3-4-6-10-22/h7,15-16,20,25H,2-6,8-14,17H2,1H3/t20-/m1/s1. The maximum atomic E-state index is 9.76. The average Bonchev–Trinajstić information content (AvgIpc) is 2.94. The largest absolute Gasteiger partial charge is 0.391 e. The summed E-state index contributed by atoms with van der Waals surface area (Å²) in [7, 11) is 0. The second kappa shape index (κ2) is 9.51. The van der Waals surface area contributed by atoms with Gasteiger partial charge in [-0.15, -0.1) is 0 Å². The minimum absolute atomic E-state index is 0.303. The van der Waals surface area contributed by atoms with Crippen LogP contribution in [0.1, 0.15) is 51.0 Å². The Kier molecular flexibility index (Phi) is 7.08. The summed E-state index contributed by atoms with van der Waals surface area (Å²) in [6, 6.07) is 0. The van der Waals surface area contributed by atoms with Crippen LogP contribution in [-0.2, 0) is 6.54 Å². The third-order valence-corrected chi connectivity index (χ3v) is 5.60. The second-order valence-corrected chi connectivity index (χ2v) is 7.55. The molecule has 5 heteroatoms. The zero-order valence-corrected chi connectivity index (χ0v) is 15.7. The lowest BCUT2D eigenvalue weighted by atomic mass is 10.0. The van der Waals surface area contributed by atoms with Gasteiger partial charge in [0.15, 0.2) is 0 Å². The van der Waals surface area contributed by atoms with Gasteiger partial charge >= 0.3 is 0 Å². The average molecular weight is 347 g/mol. The zero-order chi connectivity index (χ0) is 17.5. The number of hydrogen-bond donors (Lipinski definition) is 1. The van der Waals surface area contributed by atoms with Gasteiger partial charge < -0.3 is 10.0 Å². The van der Waals surface area contributed by atoms with Gasteiger partial charge in [-0.3, -0.25) is 9.58 Å². The molecule has 0 radical (unpaired) electrons. The van der Waals surface area contributed by atoms with Gasteiger partial charge in [0.25, 0.3) is 0 Å². The van der Waals surface area contributed by atoms with E-state index in [9.17, 15) is 5.11 Å². The zero-order valence-electron chi connectivity index (χ0n) is 15.7. The van der Waals surface area contributed by atoms with E-state index < -0.39 is 0 Å². The number of aliphatic hydroxyl groups is 1. The van der Waals surface area contributed by atoms with Crippen LogP contribution in [0.4, 0.5) is 0 Å². The molecule has 0 unspecified atom stereocenters. The van der Waals surface area contributed by atoms with Crippen molar-refractivity contribution in [2.24, 2.45) is 0 Å². The number of hydrogen-bond acceptors (Lipinski definition) is 4. The third-order valence-electron chi connectivity index (χ3n) is 5.60. The van der Waals surface area contributed by atoms with Crippen molar-refractivity contribution in [1.82, 2.24) is 19.6 Å². The van der Waals surface area contributed by atoms with Gasteiger partial charge in [-0.25, -0.2) is 0 Å². The molecule has 1 atom stereocenters. The highest BCUT2D eigenvalue weighted by atomic mass is 16.3. The lowest BCUT2D eigenvalue weighted by Crippen LogP contribution is -2.37. The van der Waals surface area contributed by atoms with Crippen LogP contribution >= 0.6 is 0 Å². The van der Waals surface area contributed by atoms with E-state index in [4.69, 9.17) is 0 Å². The molecule has 1 saturated heterocycles. The highest BCUT2D eigenvalue weighted by molar-refractivity contribution is 5.65. The van der Waals surface area contributed by atoms with Gasteiger partial charge in [0.05, 0.1) is 18.8 Å². The first kappa shape index (κ1) is 18.6. The smallest absolute Gasteiger partial charge is 0.0733 e. The Bertz CT molecular complexity index is 546. The van der Waals surface area contributed by atoms with Crippen molar-refractivity contribution in [3.05, 3.63) is 24.0 Å². The van der Waals surface area contributed by atoms with Gasteiger partial charge in [-0.05, 0) is 44.3 Å². The summed E-state index contributed by atoms with van der Waals surface area (Å²) in [5, 5.41) is 14.2. The van der Waals surface area contributed by atoms with E-state index in [1.807, 2.05) is 17.8 Å². The second-order valence-electron chi connectivity index (χ2n) is 7.55. The number of rotatable bonds is 7. The van der Waals surface area contributed by atoms with Crippen LogP contribution in [-0.4, -0.2) is 70.1 Å².